The van der Waals surface area contributed by atoms with Crippen LogP contribution >= 0.6 is 0 Å². The van der Waals surface area contributed by atoms with Crippen molar-refractivity contribution < 1.29 is 0 Å². The Morgan fingerprint density at radius 3 is 0.824 bits per heavy atom. The van der Waals surface area contributed by atoms with Crippen LogP contribution in [0.1, 0.15) is 0 Å². The van der Waals surface area contributed by atoms with Crippen molar-refractivity contribution in [1.82, 2.24) is 18.3 Å². The van der Waals surface area contributed by atoms with Gasteiger partial charge < -0.3 is 18.3 Å². The lowest BCUT2D eigenvalue weighted by Gasteiger charge is -2.15. The summed E-state index contributed by atoms with van der Waals surface area (Å²) in [7, 11) is 0. The zero-order valence-corrected chi connectivity index (χ0v) is 40.3. The summed E-state index contributed by atoms with van der Waals surface area (Å²) >= 11 is 0. The predicted molar refractivity (Wildman–Crippen MR) is 311 cm³/mol. The summed E-state index contributed by atoms with van der Waals surface area (Å²) in [5, 5.41) is 7.41. The van der Waals surface area contributed by atoms with Crippen molar-refractivity contribution in [2.75, 3.05) is 0 Å². The molecule has 346 valence electrons. The van der Waals surface area contributed by atoms with E-state index in [9.17, 15) is 0 Å². The molecular formula is C70H46N4. The maximum Gasteiger partial charge on any atom is 0.0541 e. The zero-order valence-electron chi connectivity index (χ0n) is 40.3. The van der Waals surface area contributed by atoms with E-state index < -0.39 is 0 Å². The van der Waals surface area contributed by atoms with Crippen LogP contribution in [0.25, 0.3) is 133 Å². The minimum atomic E-state index is 1.13. The molecule has 4 aromatic heterocycles. The van der Waals surface area contributed by atoms with Crippen LogP contribution in [-0.2, 0) is 0 Å². The average molecular weight is 943 g/mol. The molecule has 0 atom stereocenters. The maximum absolute atomic E-state index is 2.42. The van der Waals surface area contributed by atoms with E-state index >= 15 is 0 Å². The minimum absolute atomic E-state index is 1.13. The quantitative estimate of drug-likeness (QED) is 0.145. The standard InChI is InChI=1S/C70H46N4/c1-5-17-47(18-6-1)63-41-42-64(71(63)53-19-7-2-8-20-53)48-29-35-56(36-30-48)74-66-28-16-14-26-58(66)60-44-50(32-38-68(60)74)52-34-40-70-62(46-52)61-45-51(33-39-69(61)73(70)55-23-11-4-12-24-55)49-31-37-67-59(43-49)57-25-13-15-27-65(57)72(67)54-21-9-3-10-22-54/h1-46H. The molecule has 0 N–H and O–H groups in total. The van der Waals surface area contributed by atoms with Gasteiger partial charge >= 0.3 is 0 Å². The molecule has 4 heterocycles. The van der Waals surface area contributed by atoms with Crippen LogP contribution < -0.4 is 0 Å². The summed E-state index contributed by atoms with van der Waals surface area (Å²) in [6.45, 7) is 0. The van der Waals surface area contributed by atoms with Gasteiger partial charge in [-0.25, -0.2) is 0 Å². The van der Waals surface area contributed by atoms with Gasteiger partial charge in [0.25, 0.3) is 0 Å². The molecule has 15 aromatic rings. The molecular weight excluding hydrogens is 897 g/mol. The van der Waals surface area contributed by atoms with Gasteiger partial charge in [0, 0.05) is 55.1 Å². The van der Waals surface area contributed by atoms with Crippen molar-refractivity contribution >= 4 is 65.4 Å². The molecule has 74 heavy (non-hydrogen) atoms. The van der Waals surface area contributed by atoms with Gasteiger partial charge in [-0.05, 0) is 155 Å². The summed E-state index contributed by atoms with van der Waals surface area (Å²) in [4.78, 5) is 0. The fourth-order valence-corrected chi connectivity index (χ4v) is 11.8. The Hall–Kier alpha value is -9.90. The fourth-order valence-electron chi connectivity index (χ4n) is 11.8. The first kappa shape index (κ1) is 41.8. The number of benzene rings is 11. The van der Waals surface area contributed by atoms with E-state index in [1.54, 1.807) is 0 Å². The second-order valence-electron chi connectivity index (χ2n) is 19.3. The lowest BCUT2D eigenvalue weighted by Crippen LogP contribution is -1.99. The second kappa shape index (κ2) is 16.9. The number of aromatic nitrogens is 4. The molecule has 0 bridgehead atoms. The molecule has 0 amide bonds. The largest absolute Gasteiger partial charge is 0.309 e. The molecule has 0 saturated carbocycles. The smallest absolute Gasteiger partial charge is 0.0541 e. The third-order valence-corrected chi connectivity index (χ3v) is 15.2. The molecule has 0 fully saturated rings. The highest BCUT2D eigenvalue weighted by Crippen LogP contribution is 2.42. The van der Waals surface area contributed by atoms with Crippen LogP contribution in [-0.4, -0.2) is 18.3 Å². The van der Waals surface area contributed by atoms with Gasteiger partial charge in [0.15, 0.2) is 0 Å². The van der Waals surface area contributed by atoms with Gasteiger partial charge in [0.05, 0.1) is 44.5 Å². The van der Waals surface area contributed by atoms with E-state index in [0.717, 1.165) is 39.7 Å². The van der Waals surface area contributed by atoms with Crippen molar-refractivity contribution in [2.24, 2.45) is 0 Å². The average Bonchev–Trinajstić information content (AvgIpc) is 4.27. The summed E-state index contributed by atoms with van der Waals surface area (Å²) < 4.78 is 9.58. The third-order valence-electron chi connectivity index (χ3n) is 15.2. The van der Waals surface area contributed by atoms with E-state index in [2.05, 4.69) is 297 Å². The van der Waals surface area contributed by atoms with Gasteiger partial charge in [-0.2, -0.15) is 0 Å². The van der Waals surface area contributed by atoms with Gasteiger partial charge in [-0.3, -0.25) is 0 Å². The van der Waals surface area contributed by atoms with E-state index in [4.69, 9.17) is 0 Å². The van der Waals surface area contributed by atoms with Gasteiger partial charge in [0.2, 0.25) is 0 Å². The SMILES string of the molecule is c1ccc(-c2ccc(-c3ccc(-n4c5ccccc5c5cc(-c6ccc7c(c6)c6cc(-c8ccc9c(c8)c8ccccc8n9-c8ccccc8)ccc6n7-c6ccccc6)ccc54)cc3)n2-c2ccccc2)cc1. The number of para-hydroxylation sites is 5. The summed E-state index contributed by atoms with van der Waals surface area (Å²) in [5.74, 6) is 0. The Morgan fingerprint density at radius 1 is 0.162 bits per heavy atom. The van der Waals surface area contributed by atoms with Gasteiger partial charge in [-0.1, -0.05) is 158 Å². The molecule has 15 rings (SSSR count). The second-order valence-corrected chi connectivity index (χ2v) is 19.3. The van der Waals surface area contributed by atoms with Crippen molar-refractivity contribution in [2.45, 2.75) is 0 Å². The maximum atomic E-state index is 2.42. The Labute approximate surface area is 428 Å². The number of nitrogens with zero attached hydrogens (tertiary/aromatic N) is 4. The summed E-state index contributed by atoms with van der Waals surface area (Å²) in [5.41, 5.74) is 21.1. The van der Waals surface area contributed by atoms with Crippen LogP contribution in [0.15, 0.2) is 279 Å². The highest BCUT2D eigenvalue weighted by atomic mass is 15.0. The molecule has 11 aromatic carbocycles. The lowest BCUT2D eigenvalue weighted by atomic mass is 9.98. The molecule has 4 nitrogen and oxygen atoms in total. The molecule has 0 saturated heterocycles. The Bertz CT molecular complexity index is 4610. The highest BCUT2D eigenvalue weighted by molar-refractivity contribution is 6.14. The Kier molecular flexibility index (Phi) is 9.54. The molecule has 0 aliphatic heterocycles. The first-order valence-corrected chi connectivity index (χ1v) is 25.4. The molecule has 4 heteroatoms. The topological polar surface area (TPSA) is 19.7 Å². The fraction of sp³-hybridized carbons (Fsp3) is 0. The first-order valence-electron chi connectivity index (χ1n) is 25.4. The molecule has 0 radical (unpaired) electrons. The molecule has 0 spiro atoms. The Morgan fingerprint density at radius 2 is 0.432 bits per heavy atom. The lowest BCUT2D eigenvalue weighted by molar-refractivity contribution is 1.09. The van der Waals surface area contributed by atoms with Crippen molar-refractivity contribution in [3.8, 4) is 67.5 Å². The molecule has 0 unspecified atom stereocenters. The van der Waals surface area contributed by atoms with Crippen LogP contribution in [0.2, 0.25) is 0 Å². The first-order chi connectivity index (χ1) is 36.7. The highest BCUT2D eigenvalue weighted by Gasteiger charge is 2.20. The number of hydrogen-bond donors (Lipinski definition) is 0. The zero-order chi connectivity index (χ0) is 48.7. The van der Waals surface area contributed by atoms with E-state index in [1.165, 1.54) is 93.2 Å². The van der Waals surface area contributed by atoms with Gasteiger partial charge in [-0.15, -0.1) is 0 Å². The van der Waals surface area contributed by atoms with Gasteiger partial charge in [0.1, 0.15) is 0 Å². The monoisotopic (exact) mass is 942 g/mol. The summed E-state index contributed by atoms with van der Waals surface area (Å²) in [6.07, 6.45) is 0. The predicted octanol–water partition coefficient (Wildman–Crippen LogP) is 18.4. The van der Waals surface area contributed by atoms with E-state index in [-0.39, 0.29) is 0 Å². The minimum Gasteiger partial charge on any atom is -0.309 e. The van der Waals surface area contributed by atoms with Crippen LogP contribution in [0, 0.1) is 0 Å². The van der Waals surface area contributed by atoms with Crippen molar-refractivity contribution in [3.63, 3.8) is 0 Å². The normalized spacial score (nSPS) is 11.8. The van der Waals surface area contributed by atoms with Crippen molar-refractivity contribution in [1.29, 1.82) is 0 Å². The van der Waals surface area contributed by atoms with Crippen molar-refractivity contribution in [3.05, 3.63) is 279 Å². The van der Waals surface area contributed by atoms with Crippen LogP contribution in [0.3, 0.4) is 0 Å². The van der Waals surface area contributed by atoms with Crippen LogP contribution in [0.5, 0.6) is 0 Å². The third kappa shape index (κ3) is 6.62. The van der Waals surface area contributed by atoms with Crippen LogP contribution in [0.4, 0.5) is 0 Å². The van der Waals surface area contributed by atoms with E-state index in [1.807, 2.05) is 0 Å². The van der Waals surface area contributed by atoms with E-state index in [0.29, 0.717) is 0 Å². The number of fused-ring (bicyclic) bond motifs is 9. The summed E-state index contributed by atoms with van der Waals surface area (Å²) in [6, 6.07) is 102. The molecule has 0 aliphatic carbocycles. The Balaban J connectivity index is 0.842. The number of rotatable bonds is 8. The number of hydrogen-bond acceptors (Lipinski definition) is 0. The molecule has 0 aliphatic rings.